The molecule has 0 aliphatic rings. The lowest BCUT2D eigenvalue weighted by molar-refractivity contribution is -0.0749. The van der Waals surface area contributed by atoms with Gasteiger partial charge in [0.2, 0.25) is 0 Å². The number of ether oxygens (including phenoxy) is 1. The SMILES string of the molecule is CC(C)(C)ONCCOc1cccc(C(=O)O)c1. The third-order valence-electron chi connectivity index (χ3n) is 1.93. The Morgan fingerprint density at radius 2 is 2.11 bits per heavy atom. The lowest BCUT2D eigenvalue weighted by Crippen LogP contribution is -2.31. The molecule has 0 amide bonds. The smallest absolute Gasteiger partial charge is 0.335 e. The van der Waals surface area contributed by atoms with Crippen LogP contribution in [0.15, 0.2) is 24.3 Å². The van der Waals surface area contributed by atoms with Gasteiger partial charge in [0.1, 0.15) is 12.4 Å². The Morgan fingerprint density at radius 3 is 2.72 bits per heavy atom. The van der Waals surface area contributed by atoms with Crippen molar-refractivity contribution in [2.75, 3.05) is 13.2 Å². The van der Waals surface area contributed by atoms with E-state index in [9.17, 15) is 4.79 Å². The van der Waals surface area contributed by atoms with Gasteiger partial charge in [0, 0.05) is 0 Å². The molecule has 1 aromatic rings. The second-order valence-corrected chi connectivity index (χ2v) is 4.79. The van der Waals surface area contributed by atoms with Crippen LogP contribution in [0.3, 0.4) is 0 Å². The molecule has 5 heteroatoms. The normalized spacial score (nSPS) is 11.3. The average molecular weight is 253 g/mol. The first-order valence-corrected chi connectivity index (χ1v) is 5.75. The molecule has 0 aliphatic heterocycles. The third kappa shape index (κ3) is 5.65. The quantitative estimate of drug-likeness (QED) is 0.600. The molecule has 1 aromatic carbocycles. The highest BCUT2D eigenvalue weighted by Gasteiger charge is 2.09. The van der Waals surface area contributed by atoms with E-state index in [0.717, 1.165) is 0 Å². The van der Waals surface area contributed by atoms with Crippen LogP contribution < -0.4 is 10.2 Å². The molecule has 5 nitrogen and oxygen atoms in total. The molecule has 0 aliphatic carbocycles. The van der Waals surface area contributed by atoms with Crippen LogP contribution in [-0.2, 0) is 4.84 Å². The maximum Gasteiger partial charge on any atom is 0.335 e. The van der Waals surface area contributed by atoms with Crippen LogP contribution in [0.1, 0.15) is 31.1 Å². The molecule has 0 saturated heterocycles. The number of carbonyl (C=O) groups is 1. The highest BCUT2D eigenvalue weighted by Crippen LogP contribution is 2.13. The van der Waals surface area contributed by atoms with E-state index in [-0.39, 0.29) is 11.2 Å². The van der Waals surface area contributed by atoms with Crippen molar-refractivity contribution in [1.29, 1.82) is 0 Å². The molecule has 2 N–H and O–H groups in total. The summed E-state index contributed by atoms with van der Waals surface area (Å²) < 4.78 is 5.41. The molecule has 100 valence electrons. The van der Waals surface area contributed by atoms with Crippen molar-refractivity contribution in [2.24, 2.45) is 0 Å². The second-order valence-electron chi connectivity index (χ2n) is 4.79. The highest BCUT2D eigenvalue weighted by atomic mass is 16.7. The predicted molar refractivity (Wildman–Crippen MR) is 67.7 cm³/mol. The van der Waals surface area contributed by atoms with Gasteiger partial charge in [-0.2, -0.15) is 5.48 Å². The summed E-state index contributed by atoms with van der Waals surface area (Å²) in [5, 5.41) is 8.82. The zero-order valence-electron chi connectivity index (χ0n) is 10.9. The molecule has 0 saturated carbocycles. The van der Waals surface area contributed by atoms with Gasteiger partial charge < -0.3 is 9.84 Å². The monoisotopic (exact) mass is 253 g/mol. The van der Waals surface area contributed by atoms with Crippen LogP contribution in [0.5, 0.6) is 5.75 Å². The van der Waals surface area contributed by atoms with Crippen LogP contribution >= 0.6 is 0 Å². The summed E-state index contributed by atoms with van der Waals surface area (Å²) in [7, 11) is 0. The molecule has 0 heterocycles. The molecule has 0 bridgehead atoms. The number of hydrogen-bond acceptors (Lipinski definition) is 4. The Hall–Kier alpha value is -1.59. The predicted octanol–water partition coefficient (Wildman–Crippen LogP) is 2.08. The molecule has 0 atom stereocenters. The Labute approximate surface area is 107 Å². The number of carboxylic acids is 1. The van der Waals surface area contributed by atoms with Crippen molar-refractivity contribution < 1.29 is 19.5 Å². The van der Waals surface area contributed by atoms with Crippen LogP contribution in [0.25, 0.3) is 0 Å². The van der Waals surface area contributed by atoms with Gasteiger partial charge in [-0.25, -0.2) is 4.79 Å². The van der Waals surface area contributed by atoms with Gasteiger partial charge in [0.15, 0.2) is 0 Å². The minimum Gasteiger partial charge on any atom is -0.492 e. The largest absolute Gasteiger partial charge is 0.492 e. The van der Waals surface area contributed by atoms with Crippen LogP contribution in [0, 0.1) is 0 Å². The summed E-state index contributed by atoms with van der Waals surface area (Å²) in [5.74, 6) is -0.429. The lowest BCUT2D eigenvalue weighted by atomic mass is 10.2. The van der Waals surface area contributed by atoms with Gasteiger partial charge in [-0.3, -0.25) is 4.84 Å². The van der Waals surface area contributed by atoms with Gasteiger partial charge in [-0.15, -0.1) is 0 Å². The first-order chi connectivity index (χ1) is 8.38. The van der Waals surface area contributed by atoms with Crippen molar-refractivity contribution in [2.45, 2.75) is 26.4 Å². The minimum atomic E-state index is -0.963. The molecular formula is C13H19NO4. The maximum atomic E-state index is 10.8. The first-order valence-electron chi connectivity index (χ1n) is 5.75. The van der Waals surface area contributed by atoms with Crippen molar-refractivity contribution in [3.05, 3.63) is 29.8 Å². The van der Waals surface area contributed by atoms with Crippen LogP contribution in [0.4, 0.5) is 0 Å². The summed E-state index contributed by atoms with van der Waals surface area (Å²) in [4.78, 5) is 16.1. The summed E-state index contributed by atoms with van der Waals surface area (Å²) in [6.45, 7) is 6.75. The van der Waals surface area contributed by atoms with Gasteiger partial charge in [-0.1, -0.05) is 6.07 Å². The number of rotatable bonds is 6. The van der Waals surface area contributed by atoms with Crippen molar-refractivity contribution >= 4 is 5.97 Å². The number of aromatic carboxylic acids is 1. The van der Waals surface area contributed by atoms with E-state index in [4.69, 9.17) is 14.7 Å². The molecule has 0 radical (unpaired) electrons. The average Bonchev–Trinajstić information content (AvgIpc) is 2.27. The van der Waals surface area contributed by atoms with Crippen molar-refractivity contribution in [3.63, 3.8) is 0 Å². The number of hydrogen-bond donors (Lipinski definition) is 2. The zero-order valence-corrected chi connectivity index (χ0v) is 10.9. The van der Waals surface area contributed by atoms with Crippen molar-refractivity contribution in [3.8, 4) is 5.75 Å². The number of benzene rings is 1. The summed E-state index contributed by atoms with van der Waals surface area (Å²) in [5.41, 5.74) is 2.76. The van der Waals surface area contributed by atoms with Crippen molar-refractivity contribution in [1.82, 2.24) is 5.48 Å². The van der Waals surface area contributed by atoms with E-state index in [0.29, 0.717) is 18.9 Å². The molecule has 1 rings (SSSR count). The van der Waals surface area contributed by atoms with Gasteiger partial charge in [0.25, 0.3) is 0 Å². The third-order valence-corrected chi connectivity index (χ3v) is 1.93. The van der Waals surface area contributed by atoms with E-state index in [2.05, 4.69) is 5.48 Å². The molecule has 0 aromatic heterocycles. The topological polar surface area (TPSA) is 67.8 Å². The lowest BCUT2D eigenvalue weighted by Gasteiger charge is -2.19. The van der Waals surface area contributed by atoms with E-state index in [1.807, 2.05) is 20.8 Å². The second kappa shape index (κ2) is 6.37. The zero-order chi connectivity index (χ0) is 13.6. The number of hydroxylamine groups is 1. The number of nitrogens with one attached hydrogen (secondary N) is 1. The van der Waals surface area contributed by atoms with E-state index < -0.39 is 5.97 Å². The molecule has 18 heavy (non-hydrogen) atoms. The Bertz CT molecular complexity index is 398. The molecular weight excluding hydrogens is 234 g/mol. The van der Waals surface area contributed by atoms with E-state index >= 15 is 0 Å². The molecule has 0 unspecified atom stereocenters. The van der Waals surface area contributed by atoms with E-state index in [1.165, 1.54) is 12.1 Å². The molecule has 0 fully saturated rings. The van der Waals surface area contributed by atoms with Gasteiger partial charge >= 0.3 is 5.97 Å². The van der Waals surface area contributed by atoms with Crippen LogP contribution in [-0.4, -0.2) is 29.8 Å². The van der Waals surface area contributed by atoms with Gasteiger partial charge in [-0.05, 0) is 39.0 Å². The Balaban J connectivity index is 2.31. The standard InChI is InChI=1S/C13H19NO4/c1-13(2,3)18-14-7-8-17-11-6-4-5-10(9-11)12(15)16/h4-6,9,14H,7-8H2,1-3H3,(H,15,16). The fourth-order valence-electron chi connectivity index (χ4n) is 1.20. The first kappa shape index (κ1) is 14.5. The summed E-state index contributed by atoms with van der Waals surface area (Å²) in [6, 6.07) is 6.39. The highest BCUT2D eigenvalue weighted by molar-refractivity contribution is 5.87. The summed E-state index contributed by atoms with van der Waals surface area (Å²) >= 11 is 0. The fourth-order valence-corrected chi connectivity index (χ4v) is 1.20. The molecule has 0 spiro atoms. The summed E-state index contributed by atoms with van der Waals surface area (Å²) in [6.07, 6.45) is 0. The Kier molecular flexibility index (Phi) is 5.12. The van der Waals surface area contributed by atoms with Gasteiger partial charge in [0.05, 0.1) is 17.7 Å². The minimum absolute atomic E-state index is 0.214. The maximum absolute atomic E-state index is 10.8. The fraction of sp³-hybridized carbons (Fsp3) is 0.462. The van der Waals surface area contributed by atoms with Crippen LogP contribution in [0.2, 0.25) is 0 Å². The number of carboxylic acid groups (broad SMARTS) is 1. The van der Waals surface area contributed by atoms with E-state index in [1.54, 1.807) is 12.1 Å². The Morgan fingerprint density at radius 1 is 1.39 bits per heavy atom.